The number of carbonyl (C=O) groups is 2. The zero-order valence-electron chi connectivity index (χ0n) is 16.9. The van der Waals surface area contributed by atoms with E-state index in [1.54, 1.807) is 13.8 Å². The van der Waals surface area contributed by atoms with Gasteiger partial charge in [0.1, 0.15) is 11.9 Å². The third-order valence-electron chi connectivity index (χ3n) is 4.30. The summed E-state index contributed by atoms with van der Waals surface area (Å²) < 4.78 is 15.6. The number of esters is 1. The Hall–Kier alpha value is -2.64. The van der Waals surface area contributed by atoms with Crippen LogP contribution in [0.3, 0.4) is 0 Å². The van der Waals surface area contributed by atoms with Crippen molar-refractivity contribution in [1.82, 2.24) is 0 Å². The zero-order valence-corrected chi connectivity index (χ0v) is 16.9. The van der Waals surface area contributed by atoms with Crippen molar-refractivity contribution in [2.45, 2.75) is 72.0 Å². The van der Waals surface area contributed by atoms with E-state index in [9.17, 15) is 19.7 Å². The smallest absolute Gasteiger partial charge is 0.463 e. The topological polar surface area (TPSA) is 105 Å². The van der Waals surface area contributed by atoms with Crippen LogP contribution >= 0.6 is 0 Å². The molecule has 0 heterocycles. The summed E-state index contributed by atoms with van der Waals surface area (Å²) in [4.78, 5) is 34.1. The standard InChI is InChI=1S/C20H29NO7/c1-5-15(6-2)13-18(11-12-19(22)26-14(3)4)28-20(23)27-17-9-7-16(8-10-17)21(24)25/h7-10,14-15,18H,5-6,11-13H2,1-4H3. The van der Waals surface area contributed by atoms with Crippen molar-refractivity contribution < 1.29 is 28.7 Å². The number of nitro benzene ring substituents is 1. The number of carbonyl (C=O) groups excluding carboxylic acids is 2. The van der Waals surface area contributed by atoms with Crippen molar-refractivity contribution in [2.24, 2.45) is 5.92 Å². The molecule has 0 aliphatic heterocycles. The lowest BCUT2D eigenvalue weighted by molar-refractivity contribution is -0.384. The van der Waals surface area contributed by atoms with Gasteiger partial charge >= 0.3 is 12.1 Å². The van der Waals surface area contributed by atoms with E-state index in [0.717, 1.165) is 12.8 Å². The van der Waals surface area contributed by atoms with E-state index in [1.165, 1.54) is 24.3 Å². The van der Waals surface area contributed by atoms with Crippen molar-refractivity contribution in [3.63, 3.8) is 0 Å². The molecule has 0 aromatic heterocycles. The maximum atomic E-state index is 12.1. The average Bonchev–Trinajstić information content (AvgIpc) is 2.63. The van der Waals surface area contributed by atoms with Gasteiger partial charge in [0, 0.05) is 18.6 Å². The molecule has 1 aromatic carbocycles. The Balaban J connectivity index is 2.67. The third kappa shape index (κ3) is 8.83. The molecule has 0 aliphatic carbocycles. The molecule has 1 unspecified atom stereocenters. The van der Waals surface area contributed by atoms with Crippen LogP contribution in [0.4, 0.5) is 10.5 Å². The molecule has 1 atom stereocenters. The van der Waals surface area contributed by atoms with Gasteiger partial charge in [-0.25, -0.2) is 4.79 Å². The van der Waals surface area contributed by atoms with Crippen LogP contribution in [0.25, 0.3) is 0 Å². The van der Waals surface area contributed by atoms with E-state index in [1.807, 2.05) is 0 Å². The van der Waals surface area contributed by atoms with Crippen molar-refractivity contribution in [3.05, 3.63) is 34.4 Å². The molecule has 0 N–H and O–H groups in total. The molecular weight excluding hydrogens is 366 g/mol. The first-order chi connectivity index (χ1) is 13.2. The van der Waals surface area contributed by atoms with Gasteiger partial charge in [-0.3, -0.25) is 14.9 Å². The molecule has 0 saturated heterocycles. The molecule has 1 aromatic rings. The van der Waals surface area contributed by atoms with Crippen LogP contribution in [0, 0.1) is 16.0 Å². The monoisotopic (exact) mass is 395 g/mol. The van der Waals surface area contributed by atoms with E-state index in [4.69, 9.17) is 14.2 Å². The fourth-order valence-electron chi connectivity index (χ4n) is 2.71. The second-order valence-electron chi connectivity index (χ2n) is 6.84. The van der Waals surface area contributed by atoms with Crippen LogP contribution in [0.2, 0.25) is 0 Å². The Morgan fingerprint density at radius 3 is 2.18 bits per heavy atom. The molecule has 1 rings (SSSR count). The zero-order chi connectivity index (χ0) is 21.1. The molecule has 8 heteroatoms. The molecule has 156 valence electrons. The number of hydrogen-bond acceptors (Lipinski definition) is 7. The highest BCUT2D eigenvalue weighted by Gasteiger charge is 2.22. The van der Waals surface area contributed by atoms with Gasteiger partial charge in [-0.2, -0.15) is 0 Å². The molecule has 0 radical (unpaired) electrons. The van der Waals surface area contributed by atoms with Gasteiger partial charge < -0.3 is 14.2 Å². The third-order valence-corrected chi connectivity index (χ3v) is 4.30. The predicted molar refractivity (Wildman–Crippen MR) is 103 cm³/mol. The van der Waals surface area contributed by atoms with E-state index < -0.39 is 17.2 Å². The summed E-state index contributed by atoms with van der Waals surface area (Å²) in [6, 6.07) is 5.14. The fraction of sp³-hybridized carbons (Fsp3) is 0.600. The Morgan fingerprint density at radius 2 is 1.68 bits per heavy atom. The number of hydrogen-bond donors (Lipinski definition) is 0. The van der Waals surface area contributed by atoms with Gasteiger partial charge in [0.2, 0.25) is 0 Å². The lowest BCUT2D eigenvalue weighted by Crippen LogP contribution is -2.25. The highest BCUT2D eigenvalue weighted by molar-refractivity contribution is 5.69. The van der Waals surface area contributed by atoms with E-state index in [-0.39, 0.29) is 29.9 Å². The summed E-state index contributed by atoms with van der Waals surface area (Å²) in [6.07, 6.45) is 1.41. The summed E-state index contributed by atoms with van der Waals surface area (Å²) >= 11 is 0. The predicted octanol–water partition coefficient (Wildman–Crippen LogP) is 5.04. The highest BCUT2D eigenvalue weighted by atomic mass is 16.7. The summed E-state index contributed by atoms with van der Waals surface area (Å²) in [6.45, 7) is 7.68. The van der Waals surface area contributed by atoms with E-state index in [0.29, 0.717) is 18.8 Å². The van der Waals surface area contributed by atoms with E-state index in [2.05, 4.69) is 13.8 Å². The van der Waals surface area contributed by atoms with Crippen LogP contribution in [0.1, 0.15) is 59.8 Å². The molecule has 0 aliphatic rings. The lowest BCUT2D eigenvalue weighted by atomic mass is 9.94. The van der Waals surface area contributed by atoms with Gasteiger partial charge in [-0.15, -0.1) is 0 Å². The van der Waals surface area contributed by atoms with Crippen molar-refractivity contribution in [3.8, 4) is 5.75 Å². The normalized spacial score (nSPS) is 11.9. The lowest BCUT2D eigenvalue weighted by Gasteiger charge is -2.22. The molecule has 0 fully saturated rings. The minimum Gasteiger partial charge on any atom is -0.463 e. The minimum absolute atomic E-state index is 0.101. The quantitative estimate of drug-likeness (QED) is 0.224. The Morgan fingerprint density at radius 1 is 1.07 bits per heavy atom. The molecule has 0 amide bonds. The Kier molecular flexibility index (Phi) is 9.98. The average molecular weight is 395 g/mol. The first kappa shape index (κ1) is 23.4. The summed E-state index contributed by atoms with van der Waals surface area (Å²) in [7, 11) is 0. The molecule has 28 heavy (non-hydrogen) atoms. The number of nitro groups is 1. The summed E-state index contributed by atoms with van der Waals surface area (Å²) in [5, 5.41) is 10.7. The van der Waals surface area contributed by atoms with Crippen molar-refractivity contribution in [2.75, 3.05) is 0 Å². The second-order valence-corrected chi connectivity index (χ2v) is 6.84. The Labute approximate surface area is 165 Å². The van der Waals surface area contributed by atoms with Gasteiger partial charge in [0.15, 0.2) is 0 Å². The fourth-order valence-corrected chi connectivity index (χ4v) is 2.71. The van der Waals surface area contributed by atoms with Gasteiger partial charge in [0.25, 0.3) is 5.69 Å². The van der Waals surface area contributed by atoms with Crippen LogP contribution in [0.5, 0.6) is 5.75 Å². The molecule has 0 bridgehead atoms. The summed E-state index contributed by atoms with van der Waals surface area (Å²) in [5.41, 5.74) is -0.101. The molecule has 8 nitrogen and oxygen atoms in total. The first-order valence-corrected chi connectivity index (χ1v) is 9.57. The van der Waals surface area contributed by atoms with Gasteiger partial charge in [-0.1, -0.05) is 26.7 Å². The molecule has 0 saturated carbocycles. The molecule has 0 spiro atoms. The SMILES string of the molecule is CCC(CC)CC(CCC(=O)OC(C)C)OC(=O)Oc1ccc([N+](=O)[O-])cc1. The van der Waals surface area contributed by atoms with Crippen LogP contribution in [-0.4, -0.2) is 29.3 Å². The maximum absolute atomic E-state index is 12.1. The number of nitrogens with zero attached hydrogens (tertiary/aromatic N) is 1. The summed E-state index contributed by atoms with van der Waals surface area (Å²) in [5.74, 6) is 0.172. The second kappa shape index (κ2) is 11.9. The maximum Gasteiger partial charge on any atom is 0.514 e. The number of non-ortho nitro benzene ring substituents is 1. The van der Waals surface area contributed by atoms with Gasteiger partial charge in [-0.05, 0) is 44.7 Å². The largest absolute Gasteiger partial charge is 0.514 e. The van der Waals surface area contributed by atoms with Crippen molar-refractivity contribution in [1.29, 1.82) is 0 Å². The number of rotatable bonds is 11. The van der Waals surface area contributed by atoms with Crippen molar-refractivity contribution >= 4 is 17.8 Å². The van der Waals surface area contributed by atoms with Crippen LogP contribution in [0.15, 0.2) is 24.3 Å². The number of ether oxygens (including phenoxy) is 3. The number of benzene rings is 1. The minimum atomic E-state index is -0.901. The van der Waals surface area contributed by atoms with Crippen LogP contribution < -0.4 is 4.74 Å². The Bertz CT molecular complexity index is 638. The van der Waals surface area contributed by atoms with Crippen LogP contribution in [-0.2, 0) is 14.3 Å². The highest BCUT2D eigenvalue weighted by Crippen LogP contribution is 2.22. The van der Waals surface area contributed by atoms with Gasteiger partial charge in [0.05, 0.1) is 11.0 Å². The molecular formula is C20H29NO7. The van der Waals surface area contributed by atoms with E-state index >= 15 is 0 Å². The first-order valence-electron chi connectivity index (χ1n) is 9.57.